The third-order valence-corrected chi connectivity index (χ3v) is 7.96. The van der Waals surface area contributed by atoms with Crippen molar-refractivity contribution in [1.82, 2.24) is 4.90 Å². The number of piperidine rings is 1. The standard InChI is InChI=1S/C24H25ClN2O5S/c1-3-32-24(29)17-4-7-19(8-5-17)27-15-22(23(28)26-12-10-16(2)11-13-26)33(30,31)21-9-6-18(25)14-20(21)27/h4-9,14-16H,3,10-13H2,1-2H3. The Morgan fingerprint density at radius 3 is 2.39 bits per heavy atom. The number of hydrogen-bond acceptors (Lipinski definition) is 6. The highest BCUT2D eigenvalue weighted by Gasteiger charge is 2.38. The lowest BCUT2D eigenvalue weighted by molar-refractivity contribution is -0.127. The minimum absolute atomic E-state index is 0.0117. The molecule has 2 heterocycles. The van der Waals surface area contributed by atoms with Gasteiger partial charge < -0.3 is 14.5 Å². The summed E-state index contributed by atoms with van der Waals surface area (Å²) in [4.78, 5) is 28.3. The van der Waals surface area contributed by atoms with Gasteiger partial charge in [0.15, 0.2) is 4.91 Å². The number of rotatable bonds is 4. The van der Waals surface area contributed by atoms with Gasteiger partial charge in [0.2, 0.25) is 9.84 Å². The molecule has 0 spiro atoms. The van der Waals surface area contributed by atoms with E-state index in [0.29, 0.717) is 41.0 Å². The second kappa shape index (κ2) is 9.19. The quantitative estimate of drug-likeness (QED) is 0.587. The zero-order valence-corrected chi connectivity index (χ0v) is 20.0. The Morgan fingerprint density at radius 1 is 1.09 bits per heavy atom. The smallest absolute Gasteiger partial charge is 0.338 e. The first-order chi connectivity index (χ1) is 15.7. The fraction of sp³-hybridized carbons (Fsp3) is 0.333. The molecule has 2 aliphatic rings. The van der Waals surface area contributed by atoms with Gasteiger partial charge in [-0.1, -0.05) is 18.5 Å². The van der Waals surface area contributed by atoms with Gasteiger partial charge in [-0.25, -0.2) is 13.2 Å². The average molecular weight is 489 g/mol. The molecule has 2 aromatic carbocycles. The van der Waals surface area contributed by atoms with Crippen molar-refractivity contribution in [3.05, 3.63) is 64.2 Å². The number of carbonyl (C=O) groups excluding carboxylic acids is 2. The summed E-state index contributed by atoms with van der Waals surface area (Å²) in [6.45, 7) is 5.16. The number of amides is 1. The van der Waals surface area contributed by atoms with Crippen LogP contribution in [-0.2, 0) is 19.4 Å². The van der Waals surface area contributed by atoms with Crippen LogP contribution in [0.4, 0.5) is 11.4 Å². The van der Waals surface area contributed by atoms with Crippen LogP contribution in [0.1, 0.15) is 37.0 Å². The Morgan fingerprint density at radius 2 is 1.76 bits per heavy atom. The number of anilines is 2. The third-order valence-electron chi connectivity index (χ3n) is 5.94. The first kappa shape index (κ1) is 23.3. The minimum atomic E-state index is -4.04. The van der Waals surface area contributed by atoms with E-state index in [1.807, 2.05) is 0 Å². The van der Waals surface area contributed by atoms with Crippen molar-refractivity contribution in [2.24, 2.45) is 5.92 Å². The fourth-order valence-corrected chi connectivity index (χ4v) is 5.69. The average Bonchev–Trinajstić information content (AvgIpc) is 2.79. The molecule has 0 N–H and O–H groups in total. The molecule has 0 atom stereocenters. The number of fused-ring (bicyclic) bond motifs is 1. The van der Waals surface area contributed by atoms with Gasteiger partial charge in [0.25, 0.3) is 5.91 Å². The fourth-order valence-electron chi connectivity index (χ4n) is 4.00. The predicted molar refractivity (Wildman–Crippen MR) is 126 cm³/mol. The highest BCUT2D eigenvalue weighted by molar-refractivity contribution is 7.96. The number of esters is 1. The molecule has 9 heteroatoms. The highest BCUT2D eigenvalue weighted by atomic mass is 35.5. The Balaban J connectivity index is 1.77. The molecular formula is C24H25ClN2O5S. The monoisotopic (exact) mass is 488 g/mol. The summed E-state index contributed by atoms with van der Waals surface area (Å²) in [5.74, 6) is -0.446. The molecule has 0 aromatic heterocycles. The molecule has 0 aliphatic carbocycles. The Hall–Kier alpha value is -2.84. The van der Waals surface area contributed by atoms with Crippen molar-refractivity contribution in [1.29, 1.82) is 0 Å². The van der Waals surface area contributed by atoms with Gasteiger partial charge in [0, 0.05) is 30.0 Å². The van der Waals surface area contributed by atoms with Crippen LogP contribution in [0.2, 0.25) is 5.02 Å². The zero-order valence-electron chi connectivity index (χ0n) is 18.5. The molecule has 0 bridgehead atoms. The molecule has 0 radical (unpaired) electrons. The molecule has 0 unspecified atom stereocenters. The van der Waals surface area contributed by atoms with E-state index in [-0.39, 0.29) is 16.4 Å². The topological polar surface area (TPSA) is 84.0 Å². The first-order valence-corrected chi connectivity index (χ1v) is 12.7. The van der Waals surface area contributed by atoms with E-state index in [1.54, 1.807) is 47.1 Å². The third kappa shape index (κ3) is 4.50. The van der Waals surface area contributed by atoms with Crippen LogP contribution in [0, 0.1) is 5.92 Å². The maximum Gasteiger partial charge on any atom is 0.338 e. The second-order valence-corrected chi connectivity index (χ2v) is 10.5. The molecular weight excluding hydrogens is 464 g/mol. The van der Waals surface area contributed by atoms with Crippen LogP contribution in [0.15, 0.2) is 58.5 Å². The van der Waals surface area contributed by atoms with Crippen molar-refractivity contribution in [2.45, 2.75) is 31.6 Å². The van der Waals surface area contributed by atoms with Crippen LogP contribution >= 0.6 is 11.6 Å². The summed E-state index contributed by atoms with van der Waals surface area (Å²) in [6, 6.07) is 11.0. The van der Waals surface area contributed by atoms with E-state index in [2.05, 4.69) is 6.92 Å². The number of likely N-dealkylation sites (tertiary alicyclic amines) is 1. The molecule has 2 aromatic rings. The van der Waals surface area contributed by atoms with Crippen LogP contribution in [-0.4, -0.2) is 44.9 Å². The van der Waals surface area contributed by atoms with Gasteiger partial charge in [-0.2, -0.15) is 0 Å². The number of carbonyl (C=O) groups is 2. The SMILES string of the molecule is CCOC(=O)c1ccc(N2C=C(C(=O)N3CCC(C)CC3)S(=O)(=O)c3ccc(Cl)cc32)cc1. The molecule has 1 fully saturated rings. The Labute approximate surface area is 198 Å². The van der Waals surface area contributed by atoms with Crippen LogP contribution < -0.4 is 4.90 Å². The molecule has 1 amide bonds. The number of sulfone groups is 1. The normalized spacial score (nSPS) is 17.8. The lowest BCUT2D eigenvalue weighted by Crippen LogP contribution is -2.41. The lowest BCUT2D eigenvalue weighted by atomic mass is 9.99. The molecule has 0 saturated carbocycles. The van der Waals surface area contributed by atoms with Crippen molar-refractivity contribution >= 4 is 44.7 Å². The summed E-state index contributed by atoms with van der Waals surface area (Å²) >= 11 is 6.18. The van der Waals surface area contributed by atoms with E-state index in [1.165, 1.54) is 18.3 Å². The van der Waals surface area contributed by atoms with Gasteiger partial charge in [-0.3, -0.25) is 4.79 Å². The maximum atomic E-state index is 13.4. The van der Waals surface area contributed by atoms with Crippen molar-refractivity contribution in [3.8, 4) is 0 Å². The van der Waals surface area contributed by atoms with Crippen LogP contribution in [0.25, 0.3) is 0 Å². The first-order valence-electron chi connectivity index (χ1n) is 10.8. The summed E-state index contributed by atoms with van der Waals surface area (Å²) in [5, 5.41) is 0.366. The highest BCUT2D eigenvalue weighted by Crippen LogP contribution is 2.41. The molecule has 7 nitrogen and oxygen atoms in total. The number of hydrogen-bond donors (Lipinski definition) is 0. The Kier molecular flexibility index (Phi) is 6.50. The predicted octanol–water partition coefficient (Wildman–Crippen LogP) is 4.54. The molecule has 2 aliphatic heterocycles. The minimum Gasteiger partial charge on any atom is -0.462 e. The number of ether oxygens (including phenoxy) is 1. The number of benzene rings is 2. The van der Waals surface area contributed by atoms with Gasteiger partial charge in [0.1, 0.15) is 0 Å². The summed E-state index contributed by atoms with van der Waals surface area (Å²) in [7, 11) is -4.04. The molecule has 174 valence electrons. The van der Waals surface area contributed by atoms with Crippen LogP contribution in [0.3, 0.4) is 0 Å². The molecule has 33 heavy (non-hydrogen) atoms. The second-order valence-electron chi connectivity index (χ2n) is 8.22. The van der Waals surface area contributed by atoms with E-state index < -0.39 is 21.7 Å². The van der Waals surface area contributed by atoms with Gasteiger partial charge in [-0.15, -0.1) is 0 Å². The summed E-state index contributed by atoms with van der Waals surface area (Å²) < 4.78 is 31.8. The zero-order chi connectivity index (χ0) is 23.8. The van der Waals surface area contributed by atoms with E-state index in [4.69, 9.17) is 16.3 Å². The Bertz CT molecular complexity index is 1220. The van der Waals surface area contributed by atoms with Crippen molar-refractivity contribution < 1.29 is 22.7 Å². The van der Waals surface area contributed by atoms with E-state index in [0.717, 1.165) is 12.8 Å². The molecule has 4 rings (SSSR count). The summed E-state index contributed by atoms with van der Waals surface area (Å²) in [6.07, 6.45) is 3.03. The van der Waals surface area contributed by atoms with Crippen molar-refractivity contribution in [2.75, 3.05) is 24.6 Å². The van der Waals surface area contributed by atoms with Crippen LogP contribution in [0.5, 0.6) is 0 Å². The maximum absolute atomic E-state index is 13.4. The van der Waals surface area contributed by atoms with Gasteiger partial charge in [-0.05, 0) is 68.1 Å². The summed E-state index contributed by atoms with van der Waals surface area (Å²) in [5.41, 5.74) is 1.30. The van der Waals surface area contributed by atoms with E-state index in [9.17, 15) is 18.0 Å². The van der Waals surface area contributed by atoms with Gasteiger partial charge >= 0.3 is 5.97 Å². The number of nitrogens with zero attached hydrogens (tertiary/aromatic N) is 2. The number of halogens is 1. The largest absolute Gasteiger partial charge is 0.462 e. The van der Waals surface area contributed by atoms with Gasteiger partial charge in [0.05, 0.1) is 22.8 Å². The lowest BCUT2D eigenvalue weighted by Gasteiger charge is -2.33. The molecule has 1 saturated heterocycles. The van der Waals surface area contributed by atoms with Crippen molar-refractivity contribution in [3.63, 3.8) is 0 Å². The van der Waals surface area contributed by atoms with E-state index >= 15 is 0 Å².